The number of sulfonamides is 1. The van der Waals surface area contributed by atoms with E-state index in [4.69, 9.17) is 5.14 Å². The smallest absolute Gasteiger partial charge is 0.256 e. The summed E-state index contributed by atoms with van der Waals surface area (Å²) in [5, 5.41) is 4.79. The minimum Gasteiger partial charge on any atom is -0.339 e. The van der Waals surface area contributed by atoms with E-state index in [-0.39, 0.29) is 0 Å². The van der Waals surface area contributed by atoms with Gasteiger partial charge < -0.3 is 4.90 Å². The predicted octanol–water partition coefficient (Wildman–Crippen LogP) is 0.848. The molecule has 2 rings (SSSR count). The van der Waals surface area contributed by atoms with Gasteiger partial charge in [0.1, 0.15) is 10.7 Å². The predicted molar refractivity (Wildman–Crippen MR) is 62.9 cm³/mol. The largest absolute Gasteiger partial charge is 0.339 e. The SMILES string of the molecule is NS(=O)(=O)c1cc(F)cc(C(=O)N2CCCC2)c1F. The van der Waals surface area contributed by atoms with Crippen molar-refractivity contribution < 1.29 is 22.0 Å². The first-order valence-corrected chi connectivity index (χ1v) is 7.16. The molecule has 1 amide bonds. The van der Waals surface area contributed by atoms with Crippen molar-refractivity contribution in [3.05, 3.63) is 29.3 Å². The first kappa shape index (κ1) is 13.9. The van der Waals surface area contributed by atoms with Crippen LogP contribution in [0.4, 0.5) is 8.78 Å². The molecule has 1 heterocycles. The van der Waals surface area contributed by atoms with Crippen molar-refractivity contribution in [2.24, 2.45) is 5.14 Å². The van der Waals surface area contributed by atoms with Crippen LogP contribution < -0.4 is 5.14 Å². The number of amides is 1. The van der Waals surface area contributed by atoms with Crippen molar-refractivity contribution in [2.75, 3.05) is 13.1 Å². The lowest BCUT2D eigenvalue weighted by Gasteiger charge is -2.16. The van der Waals surface area contributed by atoms with E-state index in [1.54, 1.807) is 0 Å². The number of nitrogens with zero attached hydrogens (tertiary/aromatic N) is 1. The van der Waals surface area contributed by atoms with Gasteiger partial charge in [0.25, 0.3) is 5.91 Å². The van der Waals surface area contributed by atoms with Gasteiger partial charge in [0.05, 0.1) is 5.56 Å². The van der Waals surface area contributed by atoms with Gasteiger partial charge in [0.2, 0.25) is 10.0 Å². The Morgan fingerprint density at radius 1 is 1.21 bits per heavy atom. The molecule has 8 heteroatoms. The summed E-state index contributed by atoms with van der Waals surface area (Å²) >= 11 is 0. The van der Waals surface area contributed by atoms with Crippen LogP contribution in [-0.2, 0) is 10.0 Å². The van der Waals surface area contributed by atoms with Gasteiger partial charge in [-0.2, -0.15) is 0 Å². The van der Waals surface area contributed by atoms with Crippen LogP contribution >= 0.6 is 0 Å². The maximum atomic E-state index is 14.0. The number of halogens is 2. The van der Waals surface area contributed by atoms with Crippen molar-refractivity contribution in [3.8, 4) is 0 Å². The minimum atomic E-state index is -4.42. The summed E-state index contributed by atoms with van der Waals surface area (Å²) < 4.78 is 49.6. The Hall–Kier alpha value is -1.54. The second-order valence-corrected chi connectivity index (χ2v) is 5.84. The highest BCUT2D eigenvalue weighted by Crippen LogP contribution is 2.22. The van der Waals surface area contributed by atoms with Gasteiger partial charge in [-0.1, -0.05) is 0 Å². The molecule has 0 aliphatic carbocycles. The molecule has 0 spiro atoms. The number of primary sulfonamides is 1. The molecule has 1 aromatic carbocycles. The summed E-state index contributed by atoms with van der Waals surface area (Å²) in [5.74, 6) is -3.05. The zero-order valence-corrected chi connectivity index (χ0v) is 10.7. The Bertz CT molecular complexity index is 625. The lowest BCUT2D eigenvalue weighted by Crippen LogP contribution is -2.29. The van der Waals surface area contributed by atoms with E-state index in [0.29, 0.717) is 25.2 Å². The summed E-state index contributed by atoms with van der Waals surface area (Å²) in [6.07, 6.45) is 1.56. The molecule has 1 aromatic rings. The van der Waals surface area contributed by atoms with Gasteiger partial charge in [-0.15, -0.1) is 0 Å². The zero-order chi connectivity index (χ0) is 14.2. The molecule has 0 saturated carbocycles. The molecule has 0 aromatic heterocycles. The maximum Gasteiger partial charge on any atom is 0.256 e. The van der Waals surface area contributed by atoms with Crippen molar-refractivity contribution in [3.63, 3.8) is 0 Å². The first-order valence-electron chi connectivity index (χ1n) is 5.62. The van der Waals surface area contributed by atoms with Crippen LogP contribution in [0.3, 0.4) is 0 Å². The molecule has 0 bridgehead atoms. The number of likely N-dealkylation sites (tertiary alicyclic amines) is 1. The second-order valence-electron chi connectivity index (χ2n) is 4.31. The van der Waals surface area contributed by atoms with Crippen molar-refractivity contribution >= 4 is 15.9 Å². The number of carbonyl (C=O) groups excluding carboxylic acids is 1. The molecular formula is C11H12F2N2O3S. The molecule has 19 heavy (non-hydrogen) atoms. The van der Waals surface area contributed by atoms with Gasteiger partial charge >= 0.3 is 0 Å². The average molecular weight is 290 g/mol. The van der Waals surface area contributed by atoms with E-state index < -0.39 is 38.0 Å². The maximum absolute atomic E-state index is 14.0. The lowest BCUT2D eigenvalue weighted by atomic mass is 10.2. The Morgan fingerprint density at radius 2 is 1.79 bits per heavy atom. The normalized spacial score (nSPS) is 15.8. The van der Waals surface area contributed by atoms with Crippen LogP contribution in [0.5, 0.6) is 0 Å². The van der Waals surface area contributed by atoms with Gasteiger partial charge in [-0.25, -0.2) is 22.3 Å². The fraction of sp³-hybridized carbons (Fsp3) is 0.364. The molecule has 1 aliphatic rings. The molecule has 0 unspecified atom stereocenters. The van der Waals surface area contributed by atoms with Gasteiger partial charge in [-0.3, -0.25) is 4.79 Å². The summed E-state index contributed by atoms with van der Waals surface area (Å²) in [4.78, 5) is 12.3. The summed E-state index contributed by atoms with van der Waals surface area (Å²) in [7, 11) is -4.42. The lowest BCUT2D eigenvalue weighted by molar-refractivity contribution is 0.0787. The Labute approximate surface area is 109 Å². The van der Waals surface area contributed by atoms with Gasteiger partial charge in [0, 0.05) is 13.1 Å². The minimum absolute atomic E-state index is 0.444. The standard InChI is InChI=1S/C11H12F2N2O3S/c12-7-5-8(11(16)15-3-1-2-4-15)10(13)9(6-7)19(14,17)18/h5-6H,1-4H2,(H2,14,17,18). The molecule has 0 atom stereocenters. The highest BCUT2D eigenvalue weighted by atomic mass is 32.2. The van der Waals surface area contributed by atoms with Crippen molar-refractivity contribution in [1.82, 2.24) is 4.90 Å². The molecule has 1 saturated heterocycles. The summed E-state index contributed by atoms with van der Waals surface area (Å²) in [6.45, 7) is 0.888. The topological polar surface area (TPSA) is 80.5 Å². The Morgan fingerprint density at radius 3 is 2.32 bits per heavy atom. The molecule has 5 nitrogen and oxygen atoms in total. The fourth-order valence-corrected chi connectivity index (χ4v) is 2.65. The number of carbonyl (C=O) groups is 1. The number of hydrogen-bond donors (Lipinski definition) is 1. The van der Waals surface area contributed by atoms with E-state index in [2.05, 4.69) is 0 Å². The second kappa shape index (κ2) is 4.86. The first-order chi connectivity index (χ1) is 8.80. The molecule has 2 N–H and O–H groups in total. The molecule has 0 radical (unpaired) electrons. The third kappa shape index (κ3) is 2.74. The number of rotatable bonds is 2. The highest BCUT2D eigenvalue weighted by molar-refractivity contribution is 7.89. The number of benzene rings is 1. The van der Waals surface area contributed by atoms with E-state index in [0.717, 1.165) is 12.8 Å². The van der Waals surface area contributed by atoms with Gasteiger partial charge in [0.15, 0.2) is 5.82 Å². The third-order valence-corrected chi connectivity index (χ3v) is 3.84. The molecule has 104 valence electrons. The van der Waals surface area contributed by atoms with E-state index in [1.165, 1.54) is 4.90 Å². The fourth-order valence-electron chi connectivity index (χ4n) is 2.02. The van der Waals surface area contributed by atoms with Crippen LogP contribution in [-0.4, -0.2) is 32.3 Å². The number of nitrogens with two attached hydrogens (primary N) is 1. The highest BCUT2D eigenvalue weighted by Gasteiger charge is 2.27. The van der Waals surface area contributed by atoms with Crippen LogP contribution in [0.2, 0.25) is 0 Å². The van der Waals surface area contributed by atoms with Gasteiger partial charge in [-0.05, 0) is 25.0 Å². The molecule has 1 aliphatic heterocycles. The van der Waals surface area contributed by atoms with Crippen molar-refractivity contribution in [1.29, 1.82) is 0 Å². The average Bonchev–Trinajstić information content (AvgIpc) is 2.83. The van der Waals surface area contributed by atoms with Crippen LogP contribution in [0.25, 0.3) is 0 Å². The van der Waals surface area contributed by atoms with E-state index >= 15 is 0 Å². The quantitative estimate of drug-likeness (QED) is 0.876. The Balaban J connectivity index is 2.52. The van der Waals surface area contributed by atoms with E-state index in [1.807, 2.05) is 0 Å². The summed E-state index contributed by atoms with van der Waals surface area (Å²) in [5.41, 5.74) is -0.606. The van der Waals surface area contributed by atoms with Crippen molar-refractivity contribution in [2.45, 2.75) is 17.7 Å². The zero-order valence-electron chi connectivity index (χ0n) is 9.90. The van der Waals surface area contributed by atoms with Crippen LogP contribution in [0.1, 0.15) is 23.2 Å². The Kier molecular flexibility index (Phi) is 3.55. The summed E-state index contributed by atoms with van der Waals surface area (Å²) in [6, 6.07) is 1.15. The van der Waals surface area contributed by atoms with Crippen LogP contribution in [0, 0.1) is 11.6 Å². The number of hydrogen-bond acceptors (Lipinski definition) is 3. The molecular weight excluding hydrogens is 278 g/mol. The monoisotopic (exact) mass is 290 g/mol. The van der Waals surface area contributed by atoms with E-state index in [9.17, 15) is 22.0 Å². The van der Waals surface area contributed by atoms with Crippen LogP contribution in [0.15, 0.2) is 17.0 Å². The molecule has 1 fully saturated rings. The third-order valence-electron chi connectivity index (χ3n) is 2.93.